The van der Waals surface area contributed by atoms with E-state index in [1.54, 1.807) is 21.3 Å². The molecule has 1 heterocycles. The van der Waals surface area contributed by atoms with E-state index in [1.165, 1.54) is 16.7 Å². The summed E-state index contributed by atoms with van der Waals surface area (Å²) in [5, 5.41) is 2.37. The number of rotatable bonds is 4. The summed E-state index contributed by atoms with van der Waals surface area (Å²) in [6, 6.07) is 12.8. The van der Waals surface area contributed by atoms with Gasteiger partial charge in [-0.3, -0.25) is 0 Å². The molecule has 0 saturated carbocycles. The van der Waals surface area contributed by atoms with Crippen molar-refractivity contribution in [2.75, 3.05) is 27.9 Å². The monoisotopic (exact) mass is 335 g/mol. The second kappa shape index (κ2) is 7.57. The van der Waals surface area contributed by atoms with E-state index in [2.05, 4.69) is 29.6 Å². The summed E-state index contributed by atoms with van der Waals surface area (Å²) < 4.78 is 16.1. The number of hydrogen-bond donors (Lipinski definition) is 1. The molecule has 3 rings (SSSR count). The number of nitrogens with two attached hydrogens (primary N) is 1. The summed E-state index contributed by atoms with van der Waals surface area (Å²) in [5.41, 5.74) is 3.91. The highest BCUT2D eigenvalue weighted by molar-refractivity contribution is 5.50. The molecule has 0 aliphatic carbocycles. The van der Waals surface area contributed by atoms with Gasteiger partial charge in [-0.2, -0.15) is 0 Å². The smallest absolute Gasteiger partial charge is 0.161 e. The van der Waals surface area contributed by atoms with Crippen LogP contribution in [0.4, 0.5) is 0 Å². The highest BCUT2D eigenvalue weighted by atomic mass is 35.5. The molecule has 0 aromatic heterocycles. The fourth-order valence-corrected chi connectivity index (χ4v) is 3.10. The predicted molar refractivity (Wildman–Crippen MR) is 84.9 cm³/mol. The van der Waals surface area contributed by atoms with Gasteiger partial charge in [-0.1, -0.05) is 0 Å². The van der Waals surface area contributed by atoms with Crippen LogP contribution in [0.3, 0.4) is 0 Å². The van der Waals surface area contributed by atoms with E-state index in [0.29, 0.717) is 0 Å². The van der Waals surface area contributed by atoms with Crippen molar-refractivity contribution < 1.29 is 31.9 Å². The van der Waals surface area contributed by atoms with Gasteiger partial charge < -0.3 is 31.9 Å². The Kier molecular flexibility index (Phi) is 5.74. The van der Waals surface area contributed by atoms with E-state index in [1.807, 2.05) is 12.1 Å². The van der Waals surface area contributed by atoms with E-state index < -0.39 is 0 Å². The SMILES string of the molecule is COc1ccc(C2[NH2+]CCc3cc(OC)c(OC)cc32)cc1.[Cl-]. The van der Waals surface area contributed by atoms with Gasteiger partial charge in [0.1, 0.15) is 11.8 Å². The molecule has 2 aromatic carbocycles. The maximum Gasteiger partial charge on any atom is 0.161 e. The molecule has 1 aliphatic rings. The van der Waals surface area contributed by atoms with Crippen LogP contribution >= 0.6 is 0 Å². The summed E-state index contributed by atoms with van der Waals surface area (Å²) >= 11 is 0. The maximum absolute atomic E-state index is 5.46. The molecule has 0 fully saturated rings. The number of benzene rings is 2. The third-order valence-electron chi connectivity index (χ3n) is 4.27. The fraction of sp³-hybridized carbons (Fsp3) is 0.333. The van der Waals surface area contributed by atoms with Crippen molar-refractivity contribution in [3.05, 3.63) is 53.1 Å². The Bertz CT molecular complexity index is 658. The zero-order valence-electron chi connectivity index (χ0n) is 13.6. The lowest BCUT2D eigenvalue weighted by Gasteiger charge is -2.25. The Morgan fingerprint density at radius 1 is 0.913 bits per heavy atom. The summed E-state index contributed by atoms with van der Waals surface area (Å²) in [7, 11) is 5.05. The topological polar surface area (TPSA) is 44.3 Å². The normalized spacial score (nSPS) is 16.0. The zero-order chi connectivity index (χ0) is 15.5. The van der Waals surface area contributed by atoms with Crippen molar-refractivity contribution >= 4 is 0 Å². The van der Waals surface area contributed by atoms with Crippen LogP contribution in [0.2, 0.25) is 0 Å². The molecule has 0 bridgehead atoms. The summed E-state index contributed by atoms with van der Waals surface area (Å²) in [6.45, 7) is 1.07. The van der Waals surface area contributed by atoms with E-state index in [0.717, 1.165) is 30.2 Å². The first-order chi connectivity index (χ1) is 10.8. The van der Waals surface area contributed by atoms with Crippen molar-refractivity contribution in [2.45, 2.75) is 12.5 Å². The second-order valence-corrected chi connectivity index (χ2v) is 5.43. The zero-order valence-corrected chi connectivity index (χ0v) is 14.4. The molecule has 5 heteroatoms. The molecule has 2 aromatic rings. The van der Waals surface area contributed by atoms with Gasteiger partial charge in [0, 0.05) is 17.5 Å². The van der Waals surface area contributed by atoms with Gasteiger partial charge in [0.05, 0.1) is 27.9 Å². The Morgan fingerprint density at radius 2 is 1.57 bits per heavy atom. The fourth-order valence-electron chi connectivity index (χ4n) is 3.10. The first-order valence-corrected chi connectivity index (χ1v) is 7.49. The van der Waals surface area contributed by atoms with Crippen LogP contribution in [-0.2, 0) is 6.42 Å². The first-order valence-electron chi connectivity index (χ1n) is 7.49. The van der Waals surface area contributed by atoms with Gasteiger partial charge in [0.25, 0.3) is 0 Å². The van der Waals surface area contributed by atoms with Gasteiger partial charge in [-0.05, 0) is 42.0 Å². The number of methoxy groups -OCH3 is 3. The van der Waals surface area contributed by atoms with Crippen LogP contribution in [0.5, 0.6) is 17.2 Å². The lowest BCUT2D eigenvalue weighted by molar-refractivity contribution is -0.690. The van der Waals surface area contributed by atoms with Gasteiger partial charge in [0.15, 0.2) is 11.5 Å². The molecule has 0 spiro atoms. The summed E-state index contributed by atoms with van der Waals surface area (Å²) in [6.07, 6.45) is 1.04. The van der Waals surface area contributed by atoms with Crippen LogP contribution < -0.4 is 31.9 Å². The van der Waals surface area contributed by atoms with Crippen molar-refractivity contribution in [1.82, 2.24) is 0 Å². The minimum atomic E-state index is 0. The van der Waals surface area contributed by atoms with Crippen LogP contribution in [0.25, 0.3) is 0 Å². The predicted octanol–water partition coefficient (Wildman–Crippen LogP) is -1.07. The highest BCUT2D eigenvalue weighted by Crippen LogP contribution is 2.35. The summed E-state index contributed by atoms with van der Waals surface area (Å²) in [4.78, 5) is 0. The van der Waals surface area contributed by atoms with E-state index in [-0.39, 0.29) is 18.4 Å². The molecule has 23 heavy (non-hydrogen) atoms. The van der Waals surface area contributed by atoms with Gasteiger partial charge in [-0.15, -0.1) is 0 Å². The average Bonchev–Trinajstić information content (AvgIpc) is 2.60. The number of quaternary nitrogens is 1. The molecule has 0 amide bonds. The number of fused-ring (bicyclic) bond motifs is 1. The minimum Gasteiger partial charge on any atom is -1.00 e. The number of ether oxygens (including phenoxy) is 3. The molecule has 1 aliphatic heterocycles. The summed E-state index contributed by atoms with van der Waals surface area (Å²) in [5.74, 6) is 2.47. The van der Waals surface area contributed by atoms with E-state index >= 15 is 0 Å². The van der Waals surface area contributed by atoms with Gasteiger partial charge >= 0.3 is 0 Å². The Balaban J connectivity index is 0.00000192. The van der Waals surface area contributed by atoms with Crippen molar-refractivity contribution in [3.63, 3.8) is 0 Å². The van der Waals surface area contributed by atoms with Crippen LogP contribution in [0.15, 0.2) is 36.4 Å². The van der Waals surface area contributed by atoms with Crippen molar-refractivity contribution in [2.24, 2.45) is 0 Å². The van der Waals surface area contributed by atoms with E-state index in [4.69, 9.17) is 14.2 Å². The molecule has 0 saturated heterocycles. The Morgan fingerprint density at radius 3 is 2.17 bits per heavy atom. The lowest BCUT2D eigenvalue weighted by atomic mass is 9.89. The average molecular weight is 336 g/mol. The largest absolute Gasteiger partial charge is 1.00 e. The van der Waals surface area contributed by atoms with Crippen LogP contribution in [-0.4, -0.2) is 27.9 Å². The van der Waals surface area contributed by atoms with Gasteiger partial charge in [0.2, 0.25) is 0 Å². The van der Waals surface area contributed by atoms with Crippen LogP contribution in [0, 0.1) is 0 Å². The number of halogens is 1. The molecular weight excluding hydrogens is 314 g/mol. The quantitative estimate of drug-likeness (QED) is 0.773. The van der Waals surface area contributed by atoms with Crippen molar-refractivity contribution in [1.29, 1.82) is 0 Å². The van der Waals surface area contributed by atoms with Gasteiger partial charge in [-0.25, -0.2) is 0 Å². The molecule has 0 radical (unpaired) electrons. The molecule has 2 N–H and O–H groups in total. The molecular formula is C18H22ClNO3. The Hall–Kier alpha value is -1.91. The Labute approximate surface area is 143 Å². The molecule has 1 atom stereocenters. The highest BCUT2D eigenvalue weighted by Gasteiger charge is 2.27. The first kappa shape index (κ1) is 17.4. The second-order valence-electron chi connectivity index (χ2n) is 5.43. The standard InChI is InChI=1S/C18H21NO3.ClH/c1-20-14-6-4-12(5-7-14)18-15-11-17(22-3)16(21-2)10-13(15)8-9-19-18;/h4-7,10-11,18-19H,8-9H2,1-3H3;1H. The number of hydrogen-bond acceptors (Lipinski definition) is 3. The van der Waals surface area contributed by atoms with Crippen molar-refractivity contribution in [3.8, 4) is 17.2 Å². The molecule has 1 unspecified atom stereocenters. The third kappa shape index (κ3) is 3.38. The van der Waals surface area contributed by atoms with E-state index in [9.17, 15) is 0 Å². The molecule has 124 valence electrons. The maximum atomic E-state index is 5.46. The molecule has 4 nitrogen and oxygen atoms in total. The van der Waals surface area contributed by atoms with Crippen LogP contribution in [0.1, 0.15) is 22.7 Å². The minimum absolute atomic E-state index is 0. The lowest BCUT2D eigenvalue weighted by Crippen LogP contribution is -3.00. The third-order valence-corrected chi connectivity index (χ3v) is 4.27.